The van der Waals surface area contributed by atoms with E-state index in [4.69, 9.17) is 9.26 Å². The van der Waals surface area contributed by atoms with Gasteiger partial charge in [-0.05, 0) is 12.5 Å². The second-order valence-corrected chi connectivity index (χ2v) is 5.32. The molecule has 0 saturated carbocycles. The summed E-state index contributed by atoms with van der Waals surface area (Å²) in [5.41, 5.74) is 0.877. The van der Waals surface area contributed by atoms with Crippen LogP contribution in [0, 0.1) is 6.92 Å². The Morgan fingerprint density at radius 1 is 1.33 bits per heavy atom. The number of aromatic nitrogens is 1. The molecule has 0 aliphatic carbocycles. The van der Waals surface area contributed by atoms with Crippen molar-refractivity contribution in [2.24, 2.45) is 0 Å². The lowest BCUT2D eigenvalue weighted by Gasteiger charge is -2.22. The van der Waals surface area contributed by atoms with E-state index in [9.17, 15) is 14.4 Å². The minimum atomic E-state index is -0.715. The number of nitrogens with zero attached hydrogens (tertiary/aromatic N) is 2. The van der Waals surface area contributed by atoms with Crippen LogP contribution in [0.15, 0.2) is 40.9 Å². The molecule has 2 aromatic rings. The van der Waals surface area contributed by atoms with Gasteiger partial charge in [0.15, 0.2) is 12.3 Å². The van der Waals surface area contributed by atoms with E-state index in [1.165, 1.54) is 6.07 Å². The standard InChI is InChI=1S/C16H15N3O5/c1-10-7-12(18-24-10)15(21)17-13(11-5-3-2-4-6-11)8-19-14(20)9-23-16(19)22/h2-7,13H,8-9H2,1H3,(H,17,21). The molecule has 1 aliphatic rings. The molecule has 1 aliphatic heterocycles. The molecule has 1 saturated heterocycles. The largest absolute Gasteiger partial charge is 0.439 e. The van der Waals surface area contributed by atoms with Crippen LogP contribution in [0.4, 0.5) is 4.79 Å². The van der Waals surface area contributed by atoms with Crippen LogP contribution in [-0.4, -0.2) is 41.1 Å². The van der Waals surface area contributed by atoms with Crippen LogP contribution in [0.2, 0.25) is 0 Å². The summed E-state index contributed by atoms with van der Waals surface area (Å²) in [5.74, 6) is -0.386. The molecule has 1 aromatic heterocycles. The molecule has 8 heteroatoms. The summed E-state index contributed by atoms with van der Waals surface area (Å²) in [7, 11) is 0. The third-order valence-corrected chi connectivity index (χ3v) is 3.57. The van der Waals surface area contributed by atoms with E-state index < -0.39 is 23.9 Å². The van der Waals surface area contributed by atoms with Gasteiger partial charge in [0, 0.05) is 6.07 Å². The quantitative estimate of drug-likeness (QED) is 0.890. The Bertz CT molecular complexity index is 755. The molecule has 24 heavy (non-hydrogen) atoms. The molecule has 1 unspecified atom stereocenters. The molecule has 1 fully saturated rings. The number of aryl methyl sites for hydroxylation is 1. The predicted octanol–water partition coefficient (Wildman–Crippen LogP) is 1.43. The second kappa shape index (κ2) is 6.53. The number of rotatable bonds is 5. The zero-order valence-corrected chi connectivity index (χ0v) is 12.9. The Morgan fingerprint density at radius 2 is 2.08 bits per heavy atom. The lowest BCUT2D eigenvalue weighted by atomic mass is 10.1. The summed E-state index contributed by atoms with van der Waals surface area (Å²) in [6.45, 7) is 1.37. The average Bonchev–Trinajstić information content (AvgIpc) is 3.15. The number of carbonyl (C=O) groups is 3. The fourth-order valence-corrected chi connectivity index (χ4v) is 2.37. The van der Waals surface area contributed by atoms with Crippen molar-refractivity contribution >= 4 is 17.9 Å². The Labute approximate surface area is 137 Å². The van der Waals surface area contributed by atoms with E-state index in [-0.39, 0.29) is 18.8 Å². The van der Waals surface area contributed by atoms with Gasteiger partial charge in [0.25, 0.3) is 11.8 Å². The lowest BCUT2D eigenvalue weighted by Crippen LogP contribution is -2.40. The highest BCUT2D eigenvalue weighted by Gasteiger charge is 2.34. The third kappa shape index (κ3) is 3.27. The number of amides is 3. The minimum Gasteiger partial charge on any atom is -0.439 e. The van der Waals surface area contributed by atoms with Crippen molar-refractivity contribution in [3.63, 3.8) is 0 Å². The summed E-state index contributed by atoms with van der Waals surface area (Å²) < 4.78 is 9.60. The molecular formula is C16H15N3O5. The minimum absolute atomic E-state index is 0.0236. The number of ether oxygens (including phenoxy) is 1. The van der Waals surface area contributed by atoms with Crippen LogP contribution >= 0.6 is 0 Å². The van der Waals surface area contributed by atoms with Gasteiger partial charge in [0.1, 0.15) is 5.76 Å². The third-order valence-electron chi connectivity index (χ3n) is 3.57. The maximum Gasteiger partial charge on any atom is 0.417 e. The number of carbonyl (C=O) groups excluding carboxylic acids is 3. The van der Waals surface area contributed by atoms with Gasteiger partial charge in [-0.15, -0.1) is 0 Å². The molecule has 0 bridgehead atoms. The molecule has 3 amide bonds. The van der Waals surface area contributed by atoms with Crippen molar-refractivity contribution in [2.75, 3.05) is 13.2 Å². The van der Waals surface area contributed by atoms with E-state index in [0.717, 1.165) is 10.5 Å². The van der Waals surface area contributed by atoms with E-state index in [0.29, 0.717) is 5.76 Å². The predicted molar refractivity (Wildman–Crippen MR) is 81.0 cm³/mol. The van der Waals surface area contributed by atoms with Gasteiger partial charge in [-0.3, -0.25) is 9.59 Å². The van der Waals surface area contributed by atoms with Gasteiger partial charge in [-0.2, -0.15) is 0 Å². The Kier molecular flexibility index (Phi) is 4.28. The summed E-state index contributed by atoms with van der Waals surface area (Å²) in [6, 6.07) is 9.95. The summed E-state index contributed by atoms with van der Waals surface area (Å²) in [5, 5.41) is 6.43. The van der Waals surface area contributed by atoms with Crippen LogP contribution in [-0.2, 0) is 9.53 Å². The van der Waals surface area contributed by atoms with Crippen molar-refractivity contribution in [3.8, 4) is 0 Å². The van der Waals surface area contributed by atoms with Gasteiger partial charge in [0.05, 0.1) is 12.6 Å². The first-order chi connectivity index (χ1) is 11.5. The number of hydrogen-bond donors (Lipinski definition) is 1. The molecule has 8 nitrogen and oxygen atoms in total. The zero-order chi connectivity index (χ0) is 17.1. The summed E-state index contributed by atoms with van der Waals surface area (Å²) >= 11 is 0. The number of cyclic esters (lactones) is 1. The first-order valence-corrected chi connectivity index (χ1v) is 7.31. The number of benzene rings is 1. The monoisotopic (exact) mass is 329 g/mol. The SMILES string of the molecule is Cc1cc(C(=O)NC(CN2C(=O)COC2=O)c2ccccc2)no1. The van der Waals surface area contributed by atoms with Crippen LogP contribution in [0.1, 0.15) is 27.9 Å². The molecule has 0 radical (unpaired) electrons. The lowest BCUT2D eigenvalue weighted by molar-refractivity contribution is -0.126. The van der Waals surface area contributed by atoms with Crippen molar-refractivity contribution in [1.82, 2.24) is 15.4 Å². The Hall–Kier alpha value is -3.16. The number of imide groups is 1. The van der Waals surface area contributed by atoms with Crippen molar-refractivity contribution in [3.05, 3.63) is 53.4 Å². The van der Waals surface area contributed by atoms with Crippen LogP contribution < -0.4 is 5.32 Å². The second-order valence-electron chi connectivity index (χ2n) is 5.32. The molecule has 2 heterocycles. The molecule has 1 N–H and O–H groups in total. The van der Waals surface area contributed by atoms with Gasteiger partial charge in [-0.1, -0.05) is 35.5 Å². The molecular weight excluding hydrogens is 314 g/mol. The van der Waals surface area contributed by atoms with Crippen molar-refractivity contribution in [1.29, 1.82) is 0 Å². The van der Waals surface area contributed by atoms with Crippen molar-refractivity contribution in [2.45, 2.75) is 13.0 Å². The topological polar surface area (TPSA) is 102 Å². The van der Waals surface area contributed by atoms with Crippen LogP contribution in [0.25, 0.3) is 0 Å². The Morgan fingerprint density at radius 3 is 2.67 bits per heavy atom. The number of nitrogens with one attached hydrogen (secondary N) is 1. The van der Waals surface area contributed by atoms with E-state index >= 15 is 0 Å². The van der Waals surface area contributed by atoms with Crippen LogP contribution in [0.5, 0.6) is 0 Å². The first-order valence-electron chi connectivity index (χ1n) is 7.31. The maximum absolute atomic E-state index is 12.3. The van der Waals surface area contributed by atoms with E-state index in [1.807, 2.05) is 6.07 Å². The summed E-state index contributed by atoms with van der Waals surface area (Å²) in [4.78, 5) is 36.7. The fraction of sp³-hybridized carbons (Fsp3) is 0.250. The molecule has 0 spiro atoms. The molecule has 1 aromatic carbocycles. The first kappa shape index (κ1) is 15.7. The zero-order valence-electron chi connectivity index (χ0n) is 12.9. The van der Waals surface area contributed by atoms with Gasteiger partial charge in [-0.25, -0.2) is 9.69 Å². The highest BCUT2D eigenvalue weighted by Crippen LogP contribution is 2.18. The fourth-order valence-electron chi connectivity index (χ4n) is 2.37. The van der Waals surface area contributed by atoms with Crippen LogP contribution in [0.3, 0.4) is 0 Å². The molecule has 3 rings (SSSR count). The smallest absolute Gasteiger partial charge is 0.417 e. The highest BCUT2D eigenvalue weighted by molar-refractivity contribution is 5.98. The van der Waals surface area contributed by atoms with Gasteiger partial charge in [0.2, 0.25) is 0 Å². The van der Waals surface area contributed by atoms with E-state index in [2.05, 4.69) is 10.5 Å². The average molecular weight is 329 g/mol. The molecule has 1 atom stereocenters. The van der Waals surface area contributed by atoms with Gasteiger partial charge >= 0.3 is 6.09 Å². The number of hydrogen-bond acceptors (Lipinski definition) is 6. The van der Waals surface area contributed by atoms with Crippen molar-refractivity contribution < 1.29 is 23.6 Å². The van der Waals surface area contributed by atoms with E-state index in [1.54, 1.807) is 31.2 Å². The highest BCUT2D eigenvalue weighted by atomic mass is 16.6. The van der Waals surface area contributed by atoms with Gasteiger partial charge < -0.3 is 14.6 Å². The Balaban J connectivity index is 1.81. The molecule has 124 valence electrons. The summed E-state index contributed by atoms with van der Waals surface area (Å²) in [6.07, 6.45) is -0.715. The normalized spacial score (nSPS) is 15.3. The maximum atomic E-state index is 12.3.